The summed E-state index contributed by atoms with van der Waals surface area (Å²) in [5.74, 6) is -0.981. The van der Waals surface area contributed by atoms with E-state index < -0.39 is 11.9 Å². The predicted octanol–water partition coefficient (Wildman–Crippen LogP) is 2.87. The van der Waals surface area contributed by atoms with Gasteiger partial charge in [0.05, 0.1) is 18.2 Å². The van der Waals surface area contributed by atoms with Gasteiger partial charge in [0, 0.05) is 4.88 Å². The molecule has 0 unspecified atom stereocenters. The summed E-state index contributed by atoms with van der Waals surface area (Å²) in [6.45, 7) is 3.40. The van der Waals surface area contributed by atoms with Crippen LogP contribution in [0, 0.1) is 11.7 Å². The van der Waals surface area contributed by atoms with Crippen molar-refractivity contribution in [3.8, 4) is 0 Å². The molecule has 0 spiro atoms. The van der Waals surface area contributed by atoms with E-state index in [1.807, 2.05) is 13.0 Å². The number of fused-ring (bicyclic) bond motifs is 1. The van der Waals surface area contributed by atoms with Gasteiger partial charge in [-0.2, -0.15) is 0 Å². The number of esters is 1. The summed E-state index contributed by atoms with van der Waals surface area (Å²) >= 11 is 7.72. The minimum atomic E-state index is -0.515. The fraction of sp³-hybridized carbons (Fsp3) is 0.312. The van der Waals surface area contributed by atoms with Crippen LogP contribution in [0.3, 0.4) is 0 Å². The van der Waals surface area contributed by atoms with Crippen molar-refractivity contribution in [2.24, 2.45) is 0 Å². The van der Waals surface area contributed by atoms with Gasteiger partial charge in [0.25, 0.3) is 5.56 Å². The maximum Gasteiger partial charge on any atom is 0.350 e. The topological polar surface area (TPSA) is 106 Å². The molecule has 1 amide bonds. The molecule has 0 saturated carbocycles. The molecule has 0 radical (unpaired) electrons. The van der Waals surface area contributed by atoms with E-state index in [1.165, 1.54) is 23.0 Å². The van der Waals surface area contributed by atoms with Gasteiger partial charge in [0.1, 0.15) is 16.3 Å². The molecule has 0 fully saturated rings. The molecule has 0 aromatic carbocycles. The normalized spacial score (nSPS) is 10.9. The first-order valence-corrected chi connectivity index (χ1v) is 9.99. The van der Waals surface area contributed by atoms with Crippen LogP contribution in [-0.4, -0.2) is 33.5 Å². The third kappa shape index (κ3) is 3.84. The van der Waals surface area contributed by atoms with Gasteiger partial charge >= 0.3 is 5.97 Å². The molecule has 3 heterocycles. The van der Waals surface area contributed by atoms with Gasteiger partial charge in [-0.25, -0.2) is 9.78 Å². The summed E-state index contributed by atoms with van der Waals surface area (Å²) in [6.07, 6.45) is 0.811. The number of thiophene rings is 1. The Morgan fingerprint density at radius 2 is 2.15 bits per heavy atom. The molecule has 142 valence electrons. The molecule has 0 atom stereocenters. The van der Waals surface area contributed by atoms with Crippen LogP contribution in [0.1, 0.15) is 27.2 Å². The van der Waals surface area contributed by atoms with E-state index in [-0.39, 0.29) is 22.0 Å². The van der Waals surface area contributed by atoms with Crippen molar-refractivity contribution in [2.75, 3.05) is 12.4 Å². The van der Waals surface area contributed by atoms with E-state index in [9.17, 15) is 14.4 Å². The zero-order valence-electron chi connectivity index (χ0n) is 14.7. The number of aryl methyl sites for hydroxylation is 2. The van der Waals surface area contributed by atoms with E-state index in [4.69, 9.17) is 12.2 Å². The predicted molar refractivity (Wildman–Crippen MR) is 107 cm³/mol. The largest absolute Gasteiger partial charge is 0.465 e. The van der Waals surface area contributed by atoms with Crippen molar-refractivity contribution in [3.05, 3.63) is 36.6 Å². The SMILES string of the molecule is CCc1cc2c(=O)n(CC(=O)Nc3nc(C)c(C(=O)OC)s3)c(=S)[nH]c2s1. The Bertz CT molecular complexity index is 1150. The molecule has 3 rings (SSSR count). The highest BCUT2D eigenvalue weighted by molar-refractivity contribution is 7.71. The first-order chi connectivity index (χ1) is 12.8. The molecule has 3 aromatic heterocycles. The van der Waals surface area contributed by atoms with Crippen LogP contribution in [0.25, 0.3) is 10.2 Å². The Morgan fingerprint density at radius 3 is 2.81 bits per heavy atom. The second-order valence-corrected chi connectivity index (χ2v) is 8.13. The lowest BCUT2D eigenvalue weighted by atomic mass is 10.3. The van der Waals surface area contributed by atoms with Crippen molar-refractivity contribution >= 4 is 62.1 Å². The number of rotatable bonds is 5. The number of thiazole rings is 1. The van der Waals surface area contributed by atoms with E-state index in [1.54, 1.807) is 6.92 Å². The van der Waals surface area contributed by atoms with Gasteiger partial charge in [-0.3, -0.25) is 14.2 Å². The second-order valence-electron chi connectivity index (χ2n) is 5.60. The van der Waals surface area contributed by atoms with Crippen LogP contribution in [0.15, 0.2) is 10.9 Å². The summed E-state index contributed by atoms with van der Waals surface area (Å²) in [5.41, 5.74) is 0.147. The average molecular weight is 425 g/mol. The molecule has 0 saturated heterocycles. The molecule has 3 aromatic rings. The van der Waals surface area contributed by atoms with Crippen LogP contribution in [0.2, 0.25) is 0 Å². The quantitative estimate of drug-likeness (QED) is 0.482. The number of aromatic nitrogens is 3. The number of carbonyl (C=O) groups is 2. The van der Waals surface area contributed by atoms with Crippen LogP contribution in [0.4, 0.5) is 5.13 Å². The lowest BCUT2D eigenvalue weighted by Crippen LogP contribution is -2.28. The number of hydrogen-bond acceptors (Lipinski definition) is 8. The average Bonchev–Trinajstić information content (AvgIpc) is 3.21. The highest BCUT2D eigenvalue weighted by Gasteiger charge is 2.18. The van der Waals surface area contributed by atoms with Crippen LogP contribution >= 0.6 is 34.9 Å². The van der Waals surface area contributed by atoms with Gasteiger partial charge in [-0.05, 0) is 31.6 Å². The number of carbonyl (C=O) groups excluding carboxylic acids is 2. The van der Waals surface area contributed by atoms with Gasteiger partial charge < -0.3 is 15.0 Å². The van der Waals surface area contributed by atoms with E-state index >= 15 is 0 Å². The Hall–Kier alpha value is -2.37. The number of anilines is 1. The number of nitrogens with one attached hydrogen (secondary N) is 2. The lowest BCUT2D eigenvalue weighted by Gasteiger charge is -2.06. The number of aromatic amines is 1. The fourth-order valence-corrected chi connectivity index (χ4v) is 4.65. The van der Waals surface area contributed by atoms with Gasteiger partial charge in [0.15, 0.2) is 9.90 Å². The molecule has 11 heteroatoms. The number of ether oxygens (including phenoxy) is 1. The Labute approximate surface area is 166 Å². The Kier molecular flexibility index (Phi) is 5.53. The summed E-state index contributed by atoms with van der Waals surface area (Å²) in [6, 6.07) is 1.81. The number of H-pyrrole nitrogens is 1. The first-order valence-electron chi connectivity index (χ1n) is 7.95. The molecule has 2 N–H and O–H groups in total. The highest BCUT2D eigenvalue weighted by Crippen LogP contribution is 2.23. The van der Waals surface area contributed by atoms with Gasteiger partial charge in [-0.1, -0.05) is 18.3 Å². The number of hydrogen-bond donors (Lipinski definition) is 2. The summed E-state index contributed by atoms with van der Waals surface area (Å²) < 4.78 is 6.06. The molecule has 0 aliphatic carbocycles. The standard InChI is InChI=1S/C16H16N4O4S3/c1-4-8-5-9-12(26-8)19-16(25)20(13(9)22)6-10(21)18-15-17-7(2)11(27-15)14(23)24-3/h5H,4,6H2,1-3H3,(H,19,25)(H,17,18,21). The summed E-state index contributed by atoms with van der Waals surface area (Å²) in [5, 5.41) is 3.36. The molecular formula is C16H16N4O4S3. The molecule has 0 aliphatic heterocycles. The van der Waals surface area contributed by atoms with Crippen LogP contribution < -0.4 is 10.9 Å². The molecule has 27 heavy (non-hydrogen) atoms. The number of nitrogens with zero attached hydrogens (tertiary/aromatic N) is 2. The third-order valence-electron chi connectivity index (χ3n) is 3.79. The molecule has 0 aliphatic rings. The number of methoxy groups -OCH3 is 1. The minimum absolute atomic E-state index is 0.178. The monoisotopic (exact) mass is 424 g/mol. The van der Waals surface area contributed by atoms with Gasteiger partial charge in [-0.15, -0.1) is 11.3 Å². The smallest absolute Gasteiger partial charge is 0.350 e. The minimum Gasteiger partial charge on any atom is -0.465 e. The maximum absolute atomic E-state index is 12.7. The molecular weight excluding hydrogens is 408 g/mol. The second kappa shape index (κ2) is 7.71. The maximum atomic E-state index is 12.7. The molecule has 0 bridgehead atoms. The van der Waals surface area contributed by atoms with Crippen molar-refractivity contribution in [1.82, 2.24) is 14.5 Å². The first kappa shape index (κ1) is 19.4. The van der Waals surface area contributed by atoms with E-state index in [0.29, 0.717) is 20.8 Å². The molecule has 8 nitrogen and oxygen atoms in total. The van der Waals surface area contributed by atoms with Crippen LogP contribution in [0.5, 0.6) is 0 Å². The third-order valence-corrected chi connectivity index (χ3v) is 6.36. The van der Waals surface area contributed by atoms with E-state index in [0.717, 1.165) is 22.6 Å². The van der Waals surface area contributed by atoms with Crippen molar-refractivity contribution in [3.63, 3.8) is 0 Å². The highest BCUT2D eigenvalue weighted by atomic mass is 32.1. The zero-order valence-corrected chi connectivity index (χ0v) is 17.2. The van der Waals surface area contributed by atoms with Crippen molar-refractivity contribution in [2.45, 2.75) is 26.8 Å². The van der Waals surface area contributed by atoms with Crippen molar-refractivity contribution < 1.29 is 14.3 Å². The lowest BCUT2D eigenvalue weighted by molar-refractivity contribution is -0.116. The van der Waals surface area contributed by atoms with Crippen molar-refractivity contribution in [1.29, 1.82) is 0 Å². The number of amides is 1. The Morgan fingerprint density at radius 1 is 1.41 bits per heavy atom. The Balaban J connectivity index is 1.85. The summed E-state index contributed by atoms with van der Waals surface area (Å²) in [7, 11) is 1.28. The zero-order chi connectivity index (χ0) is 19.7. The van der Waals surface area contributed by atoms with Gasteiger partial charge in [0.2, 0.25) is 5.91 Å². The fourth-order valence-electron chi connectivity index (χ4n) is 2.45. The summed E-state index contributed by atoms with van der Waals surface area (Å²) in [4.78, 5) is 45.9. The van der Waals surface area contributed by atoms with Crippen LogP contribution in [-0.2, 0) is 22.5 Å². The van der Waals surface area contributed by atoms with E-state index in [2.05, 4.69) is 20.0 Å².